The van der Waals surface area contributed by atoms with Crippen molar-refractivity contribution in [2.24, 2.45) is 4.99 Å². The molecule has 1 aliphatic rings. The second-order valence-electron chi connectivity index (χ2n) is 7.00. The van der Waals surface area contributed by atoms with Gasteiger partial charge in [0.1, 0.15) is 0 Å². The van der Waals surface area contributed by atoms with Crippen LogP contribution in [0.5, 0.6) is 0 Å². The third kappa shape index (κ3) is 6.90. The Morgan fingerprint density at radius 1 is 1.12 bits per heavy atom. The smallest absolute Gasteiger partial charge is 0.191 e. The molecule has 1 fully saturated rings. The lowest BCUT2D eigenvalue weighted by Crippen LogP contribution is -2.39. The minimum absolute atomic E-state index is 0.157. The number of aliphatic imine (C=N–C) groups is 1. The van der Waals surface area contributed by atoms with Crippen molar-refractivity contribution in [2.75, 3.05) is 33.2 Å². The van der Waals surface area contributed by atoms with E-state index in [2.05, 4.69) is 20.5 Å². The van der Waals surface area contributed by atoms with Crippen LogP contribution >= 0.6 is 0 Å². The summed E-state index contributed by atoms with van der Waals surface area (Å²) in [6, 6.07) is 3.81. The number of hydrogen-bond acceptors (Lipinski definition) is 2. The zero-order valence-corrected chi connectivity index (χ0v) is 16.0. The molecule has 2 rings (SSSR count). The van der Waals surface area contributed by atoms with Crippen LogP contribution < -0.4 is 10.6 Å². The lowest BCUT2D eigenvalue weighted by atomic mass is 10.1. The highest BCUT2D eigenvalue weighted by atomic mass is 19.2. The van der Waals surface area contributed by atoms with Crippen molar-refractivity contribution >= 4 is 5.96 Å². The van der Waals surface area contributed by atoms with Gasteiger partial charge in [-0.15, -0.1) is 0 Å². The molecule has 1 aliphatic heterocycles. The average Bonchev–Trinajstić information content (AvgIpc) is 2.66. The third-order valence-corrected chi connectivity index (χ3v) is 4.91. The SMILES string of the molecule is CN=C(NCCCCCN1CCCCC1)NC(C)c1ccc(F)c(F)c1. The van der Waals surface area contributed by atoms with E-state index in [1.807, 2.05) is 6.92 Å². The molecule has 0 aromatic heterocycles. The molecular weight excluding hydrogens is 334 g/mol. The molecule has 0 bridgehead atoms. The maximum absolute atomic E-state index is 13.4. The molecule has 146 valence electrons. The Bertz CT molecular complexity index is 571. The molecule has 6 heteroatoms. The summed E-state index contributed by atoms with van der Waals surface area (Å²) in [5.74, 6) is -0.973. The second-order valence-corrected chi connectivity index (χ2v) is 7.00. The van der Waals surface area contributed by atoms with Gasteiger partial charge in [0.05, 0.1) is 6.04 Å². The molecule has 26 heavy (non-hydrogen) atoms. The first-order chi connectivity index (χ1) is 12.6. The van der Waals surface area contributed by atoms with Gasteiger partial charge in [0.25, 0.3) is 0 Å². The molecule has 2 N–H and O–H groups in total. The van der Waals surface area contributed by atoms with Crippen LogP contribution in [0.1, 0.15) is 57.1 Å². The molecular formula is C20H32F2N4. The molecule has 1 saturated heterocycles. The van der Waals surface area contributed by atoms with E-state index in [0.29, 0.717) is 11.5 Å². The molecule has 1 aromatic rings. The number of benzene rings is 1. The Balaban J connectivity index is 1.63. The number of guanidine groups is 1. The molecule has 4 nitrogen and oxygen atoms in total. The van der Waals surface area contributed by atoms with Gasteiger partial charge < -0.3 is 15.5 Å². The van der Waals surface area contributed by atoms with E-state index in [4.69, 9.17) is 0 Å². The van der Waals surface area contributed by atoms with Crippen molar-refractivity contribution in [2.45, 2.75) is 51.5 Å². The minimum Gasteiger partial charge on any atom is -0.356 e. The number of piperidine rings is 1. The van der Waals surface area contributed by atoms with Crippen LogP contribution in [0.15, 0.2) is 23.2 Å². The number of nitrogens with zero attached hydrogens (tertiary/aromatic N) is 2. The number of halogens is 2. The molecule has 0 aliphatic carbocycles. The highest BCUT2D eigenvalue weighted by Gasteiger charge is 2.11. The lowest BCUT2D eigenvalue weighted by molar-refractivity contribution is 0.224. The molecule has 1 unspecified atom stereocenters. The third-order valence-electron chi connectivity index (χ3n) is 4.91. The first-order valence-corrected chi connectivity index (χ1v) is 9.74. The fourth-order valence-corrected chi connectivity index (χ4v) is 3.29. The van der Waals surface area contributed by atoms with Gasteiger partial charge in [-0.05, 0) is 69.9 Å². The van der Waals surface area contributed by atoms with Gasteiger partial charge in [-0.25, -0.2) is 8.78 Å². The molecule has 0 amide bonds. The Kier molecular flexibility index (Phi) is 8.81. The number of nitrogens with one attached hydrogen (secondary N) is 2. The summed E-state index contributed by atoms with van der Waals surface area (Å²) in [7, 11) is 1.71. The Hall–Kier alpha value is -1.69. The summed E-state index contributed by atoms with van der Waals surface area (Å²) in [6.45, 7) is 6.48. The van der Waals surface area contributed by atoms with Crippen molar-refractivity contribution in [3.8, 4) is 0 Å². The lowest BCUT2D eigenvalue weighted by Gasteiger charge is -2.26. The van der Waals surface area contributed by atoms with Crippen molar-refractivity contribution in [3.05, 3.63) is 35.4 Å². The quantitative estimate of drug-likeness (QED) is 0.417. The highest BCUT2D eigenvalue weighted by molar-refractivity contribution is 5.80. The monoisotopic (exact) mass is 366 g/mol. The maximum Gasteiger partial charge on any atom is 0.191 e. The topological polar surface area (TPSA) is 39.7 Å². The maximum atomic E-state index is 13.4. The molecule has 0 spiro atoms. The molecule has 1 heterocycles. The van der Waals surface area contributed by atoms with Gasteiger partial charge in [0.2, 0.25) is 0 Å². The second kappa shape index (κ2) is 11.1. The largest absolute Gasteiger partial charge is 0.356 e. The number of rotatable bonds is 8. The molecule has 0 radical (unpaired) electrons. The van der Waals surface area contributed by atoms with Gasteiger partial charge in [-0.2, -0.15) is 0 Å². The molecule has 1 aromatic carbocycles. The van der Waals surface area contributed by atoms with E-state index < -0.39 is 11.6 Å². The fraction of sp³-hybridized carbons (Fsp3) is 0.650. The molecule has 1 atom stereocenters. The summed E-state index contributed by atoms with van der Waals surface area (Å²) in [5.41, 5.74) is 0.688. The van der Waals surface area contributed by atoms with Gasteiger partial charge in [0.15, 0.2) is 17.6 Å². The van der Waals surface area contributed by atoms with Crippen LogP contribution in [0.2, 0.25) is 0 Å². The minimum atomic E-state index is -0.826. The summed E-state index contributed by atoms with van der Waals surface area (Å²) in [6.07, 6.45) is 7.60. The number of unbranched alkanes of at least 4 members (excludes halogenated alkanes) is 2. The van der Waals surface area contributed by atoms with E-state index in [0.717, 1.165) is 19.0 Å². The summed E-state index contributed by atoms with van der Waals surface area (Å²) < 4.78 is 26.4. The van der Waals surface area contributed by atoms with Gasteiger partial charge in [-0.1, -0.05) is 18.9 Å². The molecule has 0 saturated carbocycles. The number of hydrogen-bond donors (Lipinski definition) is 2. The van der Waals surface area contributed by atoms with Crippen molar-refractivity contribution in [3.63, 3.8) is 0 Å². The first kappa shape index (κ1) is 20.6. The summed E-state index contributed by atoms with van der Waals surface area (Å²) >= 11 is 0. The standard InChI is InChI=1S/C20H32F2N4/c1-16(17-9-10-18(21)19(22)15-17)25-20(23-2)24-11-5-3-6-12-26-13-7-4-8-14-26/h9-10,15-16H,3-8,11-14H2,1-2H3,(H2,23,24,25). The van der Waals surface area contributed by atoms with Crippen LogP contribution in [0.4, 0.5) is 8.78 Å². The van der Waals surface area contributed by atoms with Gasteiger partial charge in [0, 0.05) is 13.6 Å². The summed E-state index contributed by atoms with van der Waals surface area (Å²) in [4.78, 5) is 6.77. The van der Waals surface area contributed by atoms with E-state index in [-0.39, 0.29) is 6.04 Å². The van der Waals surface area contributed by atoms with Crippen molar-refractivity contribution in [1.82, 2.24) is 15.5 Å². The Morgan fingerprint density at radius 2 is 1.88 bits per heavy atom. The van der Waals surface area contributed by atoms with Crippen molar-refractivity contribution < 1.29 is 8.78 Å². The van der Waals surface area contributed by atoms with Crippen molar-refractivity contribution in [1.29, 1.82) is 0 Å². The average molecular weight is 366 g/mol. The summed E-state index contributed by atoms with van der Waals surface area (Å²) in [5, 5.41) is 6.51. The zero-order chi connectivity index (χ0) is 18.8. The normalized spacial score (nSPS) is 17.2. The van der Waals surface area contributed by atoms with Crippen LogP contribution in [0, 0.1) is 11.6 Å². The Morgan fingerprint density at radius 3 is 2.58 bits per heavy atom. The van der Waals surface area contributed by atoms with Gasteiger partial charge in [-0.3, -0.25) is 4.99 Å². The van der Waals surface area contributed by atoms with Crippen LogP contribution in [-0.4, -0.2) is 44.1 Å². The van der Waals surface area contributed by atoms with Crippen LogP contribution in [0.3, 0.4) is 0 Å². The number of likely N-dealkylation sites (tertiary alicyclic amines) is 1. The predicted octanol–water partition coefficient (Wildman–Crippen LogP) is 3.85. The highest BCUT2D eigenvalue weighted by Crippen LogP contribution is 2.15. The Labute approximate surface area is 156 Å². The van der Waals surface area contributed by atoms with Crippen LogP contribution in [-0.2, 0) is 0 Å². The van der Waals surface area contributed by atoms with E-state index >= 15 is 0 Å². The predicted molar refractivity (Wildman–Crippen MR) is 103 cm³/mol. The van der Waals surface area contributed by atoms with Gasteiger partial charge >= 0.3 is 0 Å². The zero-order valence-electron chi connectivity index (χ0n) is 16.0. The van der Waals surface area contributed by atoms with E-state index in [1.54, 1.807) is 13.1 Å². The van der Waals surface area contributed by atoms with E-state index in [9.17, 15) is 8.78 Å². The van der Waals surface area contributed by atoms with Crippen LogP contribution in [0.25, 0.3) is 0 Å². The first-order valence-electron chi connectivity index (χ1n) is 9.74. The fourth-order valence-electron chi connectivity index (χ4n) is 3.29. The van der Waals surface area contributed by atoms with E-state index in [1.165, 1.54) is 57.8 Å².